The van der Waals surface area contributed by atoms with E-state index in [0.29, 0.717) is 0 Å². The second-order valence-corrected chi connectivity index (χ2v) is 10.1. The van der Waals surface area contributed by atoms with Crippen LogP contribution in [0.1, 0.15) is 5.56 Å². The highest BCUT2D eigenvalue weighted by Crippen LogP contribution is 2.37. The summed E-state index contributed by atoms with van der Waals surface area (Å²) in [7, 11) is -7.96. The van der Waals surface area contributed by atoms with E-state index < -0.39 is 31.6 Å². The van der Waals surface area contributed by atoms with E-state index in [4.69, 9.17) is 5.14 Å². The number of alkyl halides is 3. The van der Waals surface area contributed by atoms with Crippen molar-refractivity contribution in [2.45, 2.75) is 16.0 Å². The minimum atomic E-state index is -4.59. The molecule has 30 heavy (non-hydrogen) atoms. The maximum atomic E-state index is 13.1. The third kappa shape index (κ3) is 4.55. The molecule has 2 N–H and O–H groups in total. The molecule has 5 nitrogen and oxygen atoms in total. The average molecular weight is 455 g/mol. The van der Waals surface area contributed by atoms with Crippen LogP contribution < -0.4 is 5.14 Å². The van der Waals surface area contributed by atoms with Gasteiger partial charge < -0.3 is 0 Å². The van der Waals surface area contributed by atoms with Gasteiger partial charge in [-0.05, 0) is 35.4 Å². The first kappa shape index (κ1) is 22.0. The van der Waals surface area contributed by atoms with Crippen LogP contribution in [-0.2, 0) is 26.0 Å². The van der Waals surface area contributed by atoms with E-state index in [2.05, 4.69) is 0 Å². The van der Waals surface area contributed by atoms with Gasteiger partial charge in [-0.1, -0.05) is 42.5 Å². The van der Waals surface area contributed by atoms with Gasteiger partial charge >= 0.3 is 6.18 Å². The van der Waals surface area contributed by atoms with Crippen molar-refractivity contribution in [2.75, 3.05) is 6.26 Å². The molecule has 3 aromatic rings. The molecular weight excluding hydrogens is 439 g/mol. The molecular formula is C20H16F3NO4S2. The minimum absolute atomic E-state index is 0.0662. The molecule has 0 unspecified atom stereocenters. The zero-order valence-corrected chi connectivity index (χ0v) is 17.1. The summed E-state index contributed by atoms with van der Waals surface area (Å²) >= 11 is 0. The molecule has 0 atom stereocenters. The Morgan fingerprint density at radius 1 is 0.733 bits per heavy atom. The van der Waals surface area contributed by atoms with Crippen LogP contribution in [0.3, 0.4) is 0 Å². The van der Waals surface area contributed by atoms with Crippen LogP contribution in [0.15, 0.2) is 76.5 Å². The summed E-state index contributed by atoms with van der Waals surface area (Å²) in [5.41, 5.74) is -0.351. The summed E-state index contributed by atoms with van der Waals surface area (Å²) in [5.74, 6) is 0. The molecule has 3 aromatic carbocycles. The predicted octanol–water partition coefficient (Wildman–Crippen LogP) is 4.09. The lowest BCUT2D eigenvalue weighted by Crippen LogP contribution is -2.13. The van der Waals surface area contributed by atoms with Gasteiger partial charge in [0.25, 0.3) is 0 Å². The lowest BCUT2D eigenvalue weighted by atomic mass is 9.99. The molecule has 0 aliphatic carbocycles. The predicted molar refractivity (Wildman–Crippen MR) is 107 cm³/mol. The number of hydrogen-bond donors (Lipinski definition) is 1. The van der Waals surface area contributed by atoms with Crippen LogP contribution in [0.2, 0.25) is 0 Å². The van der Waals surface area contributed by atoms with Gasteiger partial charge in [-0.15, -0.1) is 0 Å². The number of benzene rings is 3. The molecule has 0 aliphatic heterocycles. The molecule has 0 aromatic heterocycles. The van der Waals surface area contributed by atoms with Gasteiger partial charge in [0.1, 0.15) is 0 Å². The molecule has 0 heterocycles. The van der Waals surface area contributed by atoms with Crippen LogP contribution in [0.5, 0.6) is 0 Å². The van der Waals surface area contributed by atoms with Crippen molar-refractivity contribution in [1.82, 2.24) is 0 Å². The molecule has 0 radical (unpaired) electrons. The summed E-state index contributed by atoms with van der Waals surface area (Å²) in [6.45, 7) is 0. The SMILES string of the molecule is CS(=O)(=O)c1cc(-c2ccccc2S(N)(=O)=O)ccc1-c1cccc(C(F)(F)F)c1. The highest BCUT2D eigenvalue weighted by molar-refractivity contribution is 7.91. The van der Waals surface area contributed by atoms with Gasteiger partial charge in [0.05, 0.1) is 15.4 Å². The Hall–Kier alpha value is -2.69. The van der Waals surface area contributed by atoms with Gasteiger partial charge in [0.2, 0.25) is 10.0 Å². The monoisotopic (exact) mass is 455 g/mol. The van der Waals surface area contributed by atoms with Crippen molar-refractivity contribution in [3.05, 3.63) is 72.3 Å². The first-order valence-corrected chi connectivity index (χ1v) is 11.9. The average Bonchev–Trinajstić information content (AvgIpc) is 2.65. The van der Waals surface area contributed by atoms with E-state index in [1.165, 1.54) is 48.5 Å². The number of nitrogens with two attached hydrogens (primary N) is 1. The first-order chi connectivity index (χ1) is 13.8. The van der Waals surface area contributed by atoms with Gasteiger partial charge in [0.15, 0.2) is 9.84 Å². The van der Waals surface area contributed by atoms with Crippen molar-refractivity contribution in [2.24, 2.45) is 5.14 Å². The lowest BCUT2D eigenvalue weighted by molar-refractivity contribution is -0.137. The maximum Gasteiger partial charge on any atom is 0.416 e. The number of primary sulfonamides is 1. The van der Waals surface area contributed by atoms with E-state index in [9.17, 15) is 30.0 Å². The van der Waals surface area contributed by atoms with Gasteiger partial charge in [-0.2, -0.15) is 13.2 Å². The third-order valence-corrected chi connectivity index (χ3v) is 6.49. The second-order valence-electron chi connectivity index (χ2n) is 6.60. The zero-order valence-electron chi connectivity index (χ0n) is 15.5. The number of sulfonamides is 1. The fraction of sp³-hybridized carbons (Fsp3) is 0.100. The van der Waals surface area contributed by atoms with Gasteiger partial charge in [0, 0.05) is 17.4 Å². The smallest absolute Gasteiger partial charge is 0.225 e. The number of hydrogen-bond acceptors (Lipinski definition) is 4. The Morgan fingerprint density at radius 3 is 1.93 bits per heavy atom. The number of halogens is 3. The molecule has 10 heteroatoms. The molecule has 0 saturated carbocycles. The molecule has 0 fully saturated rings. The Bertz CT molecular complexity index is 1330. The standard InChI is InChI=1S/C20H16F3NO4S2/c1-29(25,26)19-12-14(16-7-2-3-8-18(16)30(24,27)28)9-10-17(19)13-5-4-6-15(11-13)20(21,22)23/h2-12H,1H3,(H2,24,27,28). The largest absolute Gasteiger partial charge is 0.416 e. The Morgan fingerprint density at radius 2 is 1.33 bits per heavy atom. The summed E-state index contributed by atoms with van der Waals surface area (Å²) in [6, 6.07) is 14.1. The minimum Gasteiger partial charge on any atom is -0.225 e. The van der Waals surface area contributed by atoms with Crippen LogP contribution in [0.25, 0.3) is 22.3 Å². The quantitative estimate of drug-likeness (QED) is 0.641. The molecule has 0 aliphatic rings. The molecule has 3 rings (SSSR count). The fourth-order valence-electron chi connectivity index (χ4n) is 3.05. The van der Waals surface area contributed by atoms with Crippen LogP contribution in [-0.4, -0.2) is 23.1 Å². The summed E-state index contributed by atoms with van der Waals surface area (Å²) < 4.78 is 87.8. The van der Waals surface area contributed by atoms with E-state index in [1.807, 2.05) is 0 Å². The second kappa shape index (κ2) is 7.53. The van der Waals surface area contributed by atoms with Crippen molar-refractivity contribution in [3.8, 4) is 22.3 Å². The molecule has 0 amide bonds. The normalized spacial score (nSPS) is 12.7. The van der Waals surface area contributed by atoms with E-state index >= 15 is 0 Å². The molecule has 158 valence electrons. The molecule has 0 spiro atoms. The topological polar surface area (TPSA) is 94.3 Å². The van der Waals surface area contributed by atoms with Gasteiger partial charge in [-0.3, -0.25) is 0 Å². The van der Waals surface area contributed by atoms with E-state index in [-0.39, 0.29) is 32.0 Å². The number of sulfone groups is 1. The van der Waals surface area contributed by atoms with Crippen molar-refractivity contribution >= 4 is 19.9 Å². The summed E-state index contributed by atoms with van der Waals surface area (Å²) in [6.07, 6.45) is -3.66. The third-order valence-electron chi connectivity index (χ3n) is 4.39. The lowest BCUT2D eigenvalue weighted by Gasteiger charge is -2.14. The van der Waals surface area contributed by atoms with Crippen LogP contribution in [0.4, 0.5) is 13.2 Å². The Balaban J connectivity index is 2.27. The van der Waals surface area contributed by atoms with Crippen molar-refractivity contribution in [1.29, 1.82) is 0 Å². The summed E-state index contributed by atoms with van der Waals surface area (Å²) in [5, 5.41) is 5.24. The fourth-order valence-corrected chi connectivity index (χ4v) is 4.74. The maximum absolute atomic E-state index is 13.1. The zero-order chi connectivity index (χ0) is 22.3. The van der Waals surface area contributed by atoms with E-state index in [0.717, 1.165) is 18.4 Å². The number of rotatable bonds is 4. The first-order valence-electron chi connectivity index (χ1n) is 8.42. The Labute approximate surface area is 171 Å². The van der Waals surface area contributed by atoms with Crippen molar-refractivity contribution < 1.29 is 30.0 Å². The Kier molecular flexibility index (Phi) is 5.52. The highest BCUT2D eigenvalue weighted by Gasteiger charge is 2.31. The van der Waals surface area contributed by atoms with Crippen molar-refractivity contribution in [3.63, 3.8) is 0 Å². The molecule has 0 bridgehead atoms. The van der Waals surface area contributed by atoms with Crippen LogP contribution >= 0.6 is 0 Å². The van der Waals surface area contributed by atoms with E-state index in [1.54, 1.807) is 6.07 Å². The summed E-state index contributed by atoms with van der Waals surface area (Å²) in [4.78, 5) is -0.431. The molecule has 0 saturated heterocycles. The highest BCUT2D eigenvalue weighted by atomic mass is 32.2. The van der Waals surface area contributed by atoms with Gasteiger partial charge in [-0.25, -0.2) is 22.0 Å². The van der Waals surface area contributed by atoms with Crippen LogP contribution in [0, 0.1) is 0 Å².